The van der Waals surface area contributed by atoms with E-state index in [9.17, 15) is 9.59 Å². The second-order valence-corrected chi connectivity index (χ2v) is 6.77. The first-order valence-corrected chi connectivity index (χ1v) is 9.28. The van der Waals surface area contributed by atoms with Crippen LogP contribution in [0, 0.1) is 0 Å². The van der Waals surface area contributed by atoms with Crippen LogP contribution < -0.4 is 20.1 Å². The molecule has 7 nitrogen and oxygen atoms in total. The highest BCUT2D eigenvalue weighted by Crippen LogP contribution is 2.23. The van der Waals surface area contributed by atoms with Gasteiger partial charge in [-0.1, -0.05) is 12.1 Å². The van der Waals surface area contributed by atoms with Gasteiger partial charge in [0.1, 0.15) is 23.2 Å². The Morgan fingerprint density at radius 2 is 1.66 bits per heavy atom. The summed E-state index contributed by atoms with van der Waals surface area (Å²) < 4.78 is 12.2. The van der Waals surface area contributed by atoms with Gasteiger partial charge >= 0.3 is 0 Å². The summed E-state index contributed by atoms with van der Waals surface area (Å²) >= 11 is 0. The highest BCUT2D eigenvalue weighted by molar-refractivity contribution is 6.00. The van der Waals surface area contributed by atoms with Gasteiger partial charge in [-0.15, -0.1) is 0 Å². The number of amides is 2. The number of hydrogen-bond acceptors (Lipinski definition) is 4. The largest absolute Gasteiger partial charge is 0.497 e. The lowest BCUT2D eigenvalue weighted by Crippen LogP contribution is -2.44. The fourth-order valence-electron chi connectivity index (χ4n) is 3.09. The summed E-state index contributed by atoms with van der Waals surface area (Å²) in [7, 11) is 5.02. The molecule has 1 aromatic heterocycles. The van der Waals surface area contributed by atoms with Gasteiger partial charge in [0.05, 0.1) is 14.2 Å². The molecule has 0 fully saturated rings. The minimum atomic E-state index is -0.673. The van der Waals surface area contributed by atoms with Gasteiger partial charge in [0.15, 0.2) is 0 Å². The number of aryl methyl sites for hydroxylation is 1. The summed E-state index contributed by atoms with van der Waals surface area (Å²) in [6, 6.07) is 14.2. The van der Waals surface area contributed by atoms with Crippen molar-refractivity contribution in [2.75, 3.05) is 14.2 Å². The third-order valence-electron chi connectivity index (χ3n) is 4.85. The number of rotatable bonds is 7. The van der Waals surface area contributed by atoms with Crippen molar-refractivity contribution >= 4 is 22.7 Å². The normalized spacial score (nSPS) is 11.7. The average molecular weight is 395 g/mol. The summed E-state index contributed by atoms with van der Waals surface area (Å²) in [5.41, 5.74) is 2.33. The summed E-state index contributed by atoms with van der Waals surface area (Å²) in [6.45, 7) is 2.03. The van der Waals surface area contributed by atoms with E-state index in [1.54, 1.807) is 31.8 Å². The number of aromatic nitrogens is 1. The van der Waals surface area contributed by atoms with Crippen molar-refractivity contribution in [1.82, 2.24) is 15.2 Å². The molecule has 2 aromatic carbocycles. The fraction of sp³-hybridized carbons (Fsp3) is 0.273. The van der Waals surface area contributed by atoms with E-state index in [1.807, 2.05) is 49.5 Å². The molecule has 0 aliphatic carbocycles. The number of hydrogen-bond donors (Lipinski definition) is 2. The van der Waals surface area contributed by atoms with Crippen LogP contribution >= 0.6 is 0 Å². The van der Waals surface area contributed by atoms with Gasteiger partial charge in [0, 0.05) is 24.5 Å². The Kier molecular flexibility index (Phi) is 6.07. The zero-order valence-electron chi connectivity index (χ0n) is 17.0. The molecule has 0 aliphatic rings. The van der Waals surface area contributed by atoms with Gasteiger partial charge in [-0.25, -0.2) is 0 Å². The summed E-state index contributed by atoms with van der Waals surface area (Å²) in [5.74, 6) is 0.916. The molecule has 2 N–H and O–H groups in total. The fourth-order valence-corrected chi connectivity index (χ4v) is 3.09. The maximum absolute atomic E-state index is 12.7. The zero-order valence-corrected chi connectivity index (χ0v) is 17.0. The van der Waals surface area contributed by atoms with Crippen LogP contribution in [0.15, 0.2) is 48.5 Å². The van der Waals surface area contributed by atoms with Crippen molar-refractivity contribution in [3.63, 3.8) is 0 Å². The second-order valence-electron chi connectivity index (χ2n) is 6.77. The summed E-state index contributed by atoms with van der Waals surface area (Å²) in [6.07, 6.45) is 0. The van der Waals surface area contributed by atoms with Crippen LogP contribution in [0.5, 0.6) is 11.5 Å². The lowest BCUT2D eigenvalue weighted by Gasteiger charge is -2.14. The third kappa shape index (κ3) is 4.51. The maximum Gasteiger partial charge on any atom is 0.268 e. The molecule has 0 unspecified atom stereocenters. The molecule has 3 aromatic rings. The second kappa shape index (κ2) is 8.68. The van der Waals surface area contributed by atoms with Gasteiger partial charge in [-0.2, -0.15) is 0 Å². The van der Waals surface area contributed by atoms with Crippen LogP contribution in [0.3, 0.4) is 0 Å². The molecule has 1 atom stereocenters. The summed E-state index contributed by atoms with van der Waals surface area (Å²) in [5, 5.41) is 6.49. The van der Waals surface area contributed by atoms with Crippen molar-refractivity contribution in [2.24, 2.45) is 7.05 Å². The van der Waals surface area contributed by atoms with Crippen molar-refractivity contribution < 1.29 is 19.1 Å². The molecule has 0 saturated heterocycles. The van der Waals surface area contributed by atoms with E-state index in [0.29, 0.717) is 12.2 Å². The predicted octanol–water partition coefficient (Wildman–Crippen LogP) is 2.63. The van der Waals surface area contributed by atoms with Crippen molar-refractivity contribution in [2.45, 2.75) is 19.5 Å². The Morgan fingerprint density at radius 3 is 2.31 bits per heavy atom. The Bertz CT molecular complexity index is 1020. The van der Waals surface area contributed by atoms with E-state index in [1.165, 1.54) is 0 Å². The minimum absolute atomic E-state index is 0.255. The lowest BCUT2D eigenvalue weighted by atomic mass is 10.2. The number of carbonyl (C=O) groups excluding carboxylic acids is 2. The SMILES string of the molecule is COc1ccc(CNC(=O)[C@@H](C)NC(=O)c2cc3cc(OC)ccc3n2C)cc1. The van der Waals surface area contributed by atoms with Crippen LogP contribution in [0.2, 0.25) is 0 Å². The van der Waals surface area contributed by atoms with Gasteiger partial charge in [0.2, 0.25) is 5.91 Å². The predicted molar refractivity (Wildman–Crippen MR) is 111 cm³/mol. The number of fused-ring (bicyclic) bond motifs is 1. The van der Waals surface area contributed by atoms with Gasteiger partial charge in [0.25, 0.3) is 5.91 Å². The standard InChI is InChI=1S/C22H25N3O4/c1-14(21(26)23-13-15-5-7-17(28-3)8-6-15)24-22(27)20-12-16-11-18(29-4)9-10-19(16)25(20)2/h5-12,14H,13H2,1-4H3,(H,23,26)(H,24,27)/t14-/m1/s1. The third-order valence-corrected chi connectivity index (χ3v) is 4.85. The van der Waals surface area contributed by atoms with Crippen LogP contribution in [-0.4, -0.2) is 36.6 Å². The molecule has 0 spiro atoms. The van der Waals surface area contributed by atoms with Crippen LogP contribution in [0.25, 0.3) is 10.9 Å². The zero-order chi connectivity index (χ0) is 21.0. The molecule has 1 heterocycles. The number of nitrogens with one attached hydrogen (secondary N) is 2. The molecular formula is C22H25N3O4. The summed E-state index contributed by atoms with van der Waals surface area (Å²) in [4.78, 5) is 25.1. The molecule has 0 bridgehead atoms. The van der Waals surface area contributed by atoms with Gasteiger partial charge in [-0.3, -0.25) is 9.59 Å². The van der Waals surface area contributed by atoms with E-state index in [-0.39, 0.29) is 11.8 Å². The Hall–Kier alpha value is -3.48. The molecule has 152 valence electrons. The highest BCUT2D eigenvalue weighted by atomic mass is 16.5. The first-order valence-electron chi connectivity index (χ1n) is 9.28. The van der Waals surface area contributed by atoms with Gasteiger partial charge < -0.3 is 24.7 Å². The highest BCUT2D eigenvalue weighted by Gasteiger charge is 2.19. The van der Waals surface area contributed by atoms with Crippen LogP contribution in [0.4, 0.5) is 0 Å². The quantitative estimate of drug-likeness (QED) is 0.644. The Morgan fingerprint density at radius 1 is 1.00 bits per heavy atom. The van der Waals surface area contributed by atoms with Crippen molar-refractivity contribution in [3.05, 3.63) is 59.8 Å². The van der Waals surface area contributed by atoms with Crippen molar-refractivity contribution in [1.29, 1.82) is 0 Å². The number of carbonyl (C=O) groups is 2. The van der Waals surface area contributed by atoms with E-state index >= 15 is 0 Å². The molecule has 2 amide bonds. The van der Waals surface area contributed by atoms with E-state index in [2.05, 4.69) is 10.6 Å². The molecule has 0 aliphatic heterocycles. The number of nitrogens with zero attached hydrogens (tertiary/aromatic N) is 1. The van der Waals surface area contributed by atoms with Crippen molar-refractivity contribution in [3.8, 4) is 11.5 Å². The Labute approximate surface area is 169 Å². The molecule has 3 rings (SSSR count). The smallest absolute Gasteiger partial charge is 0.268 e. The number of methoxy groups -OCH3 is 2. The molecular weight excluding hydrogens is 370 g/mol. The monoisotopic (exact) mass is 395 g/mol. The van der Waals surface area contributed by atoms with Crippen LogP contribution in [0.1, 0.15) is 23.0 Å². The first kappa shape index (κ1) is 20.3. The molecule has 0 saturated carbocycles. The van der Waals surface area contributed by atoms with E-state index in [0.717, 1.165) is 28.0 Å². The molecule has 29 heavy (non-hydrogen) atoms. The Balaban J connectivity index is 1.62. The lowest BCUT2D eigenvalue weighted by molar-refractivity contribution is -0.122. The number of ether oxygens (including phenoxy) is 2. The van der Waals surface area contributed by atoms with E-state index in [4.69, 9.17) is 9.47 Å². The van der Waals surface area contributed by atoms with E-state index < -0.39 is 6.04 Å². The topological polar surface area (TPSA) is 81.6 Å². The van der Waals surface area contributed by atoms with Gasteiger partial charge in [-0.05, 0) is 48.9 Å². The number of benzene rings is 2. The molecule has 0 radical (unpaired) electrons. The molecule has 7 heteroatoms. The maximum atomic E-state index is 12.7. The average Bonchev–Trinajstić information content (AvgIpc) is 3.08. The minimum Gasteiger partial charge on any atom is -0.497 e. The first-order chi connectivity index (χ1) is 13.9. The van der Waals surface area contributed by atoms with Crippen LogP contribution in [-0.2, 0) is 18.4 Å².